The van der Waals surface area contributed by atoms with Crippen LogP contribution >= 0.6 is 15.9 Å². The summed E-state index contributed by atoms with van der Waals surface area (Å²) in [5, 5.41) is 7.30. The first kappa shape index (κ1) is 21.0. The topological polar surface area (TPSA) is 64.0 Å². The van der Waals surface area contributed by atoms with E-state index in [4.69, 9.17) is 0 Å². The summed E-state index contributed by atoms with van der Waals surface area (Å²) in [6.45, 7) is 5.01. The molecule has 1 amide bonds. The molecule has 0 aliphatic heterocycles. The Morgan fingerprint density at radius 3 is 2.38 bits per heavy atom. The summed E-state index contributed by atoms with van der Waals surface area (Å²) in [6.07, 6.45) is 0.195. The fourth-order valence-corrected chi connectivity index (χ4v) is 3.16. The van der Waals surface area contributed by atoms with E-state index in [0.717, 1.165) is 15.6 Å². The number of aryl methyl sites for hydroxylation is 1. The second-order valence-electron chi connectivity index (χ2n) is 7.21. The fourth-order valence-electron chi connectivity index (χ4n) is 2.90. The van der Waals surface area contributed by atoms with Crippen molar-refractivity contribution in [2.24, 2.45) is 0 Å². The maximum Gasteiger partial charge on any atom is 0.266 e. The van der Waals surface area contributed by atoms with Crippen molar-refractivity contribution in [3.63, 3.8) is 0 Å². The van der Waals surface area contributed by atoms with Crippen LogP contribution in [0.3, 0.4) is 0 Å². The van der Waals surface area contributed by atoms with Crippen LogP contribution in [0.4, 0.5) is 0 Å². The van der Waals surface area contributed by atoms with Gasteiger partial charge in [0.25, 0.3) is 5.56 Å². The number of nitrogens with zero attached hydrogens (tertiary/aromatic N) is 2. The molecule has 0 unspecified atom stereocenters. The van der Waals surface area contributed by atoms with Crippen LogP contribution < -0.4 is 10.9 Å². The fraction of sp³-hybridized carbons (Fsp3) is 0.261. The van der Waals surface area contributed by atoms with E-state index in [1.807, 2.05) is 36.4 Å². The van der Waals surface area contributed by atoms with Gasteiger partial charge < -0.3 is 5.32 Å². The molecule has 0 bridgehead atoms. The molecule has 150 valence electrons. The van der Waals surface area contributed by atoms with Gasteiger partial charge in [-0.2, -0.15) is 5.10 Å². The van der Waals surface area contributed by atoms with E-state index in [1.54, 1.807) is 6.07 Å². The largest absolute Gasteiger partial charge is 0.352 e. The second kappa shape index (κ2) is 9.65. The molecule has 1 heterocycles. The van der Waals surface area contributed by atoms with Crippen LogP contribution in [0.5, 0.6) is 0 Å². The lowest BCUT2D eigenvalue weighted by atomic mass is 10.0. The lowest BCUT2D eigenvalue weighted by Crippen LogP contribution is -2.28. The molecular weight excluding hydrogens is 430 g/mol. The zero-order valence-corrected chi connectivity index (χ0v) is 18.1. The minimum Gasteiger partial charge on any atom is -0.352 e. The predicted octanol–water partition coefficient (Wildman–Crippen LogP) is 4.50. The number of amides is 1. The third-order valence-electron chi connectivity index (χ3n) is 4.69. The molecule has 3 aromatic rings. The molecule has 0 atom stereocenters. The smallest absolute Gasteiger partial charge is 0.266 e. The normalized spacial score (nSPS) is 10.9. The van der Waals surface area contributed by atoms with Gasteiger partial charge in [0.1, 0.15) is 0 Å². The Balaban J connectivity index is 1.57. The van der Waals surface area contributed by atoms with Gasteiger partial charge in [0.2, 0.25) is 5.91 Å². The molecule has 0 fully saturated rings. The Bertz CT molecular complexity index is 1030. The van der Waals surface area contributed by atoms with Crippen LogP contribution in [0, 0.1) is 0 Å². The highest BCUT2D eigenvalue weighted by Gasteiger charge is 2.07. The quantitative estimate of drug-likeness (QED) is 0.572. The molecule has 0 radical (unpaired) electrons. The number of hydrogen-bond donors (Lipinski definition) is 1. The Kier molecular flexibility index (Phi) is 6.99. The number of halogens is 1. The van der Waals surface area contributed by atoms with Crippen molar-refractivity contribution >= 4 is 21.8 Å². The van der Waals surface area contributed by atoms with E-state index in [-0.39, 0.29) is 24.4 Å². The summed E-state index contributed by atoms with van der Waals surface area (Å²) in [5.74, 6) is 0.373. The van der Waals surface area contributed by atoms with Gasteiger partial charge in [-0.25, -0.2) is 4.68 Å². The molecule has 2 aromatic carbocycles. The lowest BCUT2D eigenvalue weighted by molar-refractivity contribution is -0.121. The number of carbonyl (C=O) groups is 1. The first-order valence-corrected chi connectivity index (χ1v) is 10.4. The van der Waals surface area contributed by atoms with Crippen LogP contribution in [0.25, 0.3) is 11.3 Å². The number of aromatic nitrogens is 2. The summed E-state index contributed by atoms with van der Waals surface area (Å²) in [5.41, 5.74) is 3.72. The number of carbonyl (C=O) groups excluding carboxylic acids is 1. The monoisotopic (exact) mass is 453 g/mol. The zero-order chi connectivity index (χ0) is 20.8. The molecule has 0 spiro atoms. The summed E-state index contributed by atoms with van der Waals surface area (Å²) in [6, 6.07) is 19.1. The molecule has 0 aliphatic rings. The third-order valence-corrected chi connectivity index (χ3v) is 5.22. The molecule has 3 rings (SSSR count). The zero-order valence-electron chi connectivity index (χ0n) is 16.6. The van der Waals surface area contributed by atoms with E-state index in [2.05, 4.69) is 52.3 Å². The van der Waals surface area contributed by atoms with Crippen molar-refractivity contribution in [3.05, 3.63) is 86.6 Å². The SMILES string of the molecule is CC(C)c1ccc(CNC(=O)CCn2nc(-c3ccc(Br)cc3)ccc2=O)cc1. The van der Waals surface area contributed by atoms with Crippen molar-refractivity contribution in [2.45, 2.75) is 39.3 Å². The molecule has 1 N–H and O–H groups in total. The van der Waals surface area contributed by atoms with Crippen molar-refractivity contribution in [3.8, 4) is 11.3 Å². The summed E-state index contributed by atoms with van der Waals surface area (Å²) < 4.78 is 2.32. The minimum atomic E-state index is -0.220. The van der Waals surface area contributed by atoms with Gasteiger partial charge in [-0.15, -0.1) is 0 Å². The standard InChI is InChI=1S/C23H24BrN3O2/c1-16(2)18-5-3-17(4-6-18)15-25-22(28)13-14-27-23(29)12-11-21(26-27)19-7-9-20(24)10-8-19/h3-12,16H,13-15H2,1-2H3,(H,25,28). The van der Waals surface area contributed by atoms with E-state index in [1.165, 1.54) is 16.3 Å². The second-order valence-corrected chi connectivity index (χ2v) is 8.13. The highest BCUT2D eigenvalue weighted by Crippen LogP contribution is 2.19. The molecule has 5 nitrogen and oxygen atoms in total. The van der Waals surface area contributed by atoms with Crippen LogP contribution in [-0.2, 0) is 17.9 Å². The average molecular weight is 454 g/mol. The third kappa shape index (κ3) is 5.87. The van der Waals surface area contributed by atoms with Crippen molar-refractivity contribution in [1.82, 2.24) is 15.1 Å². The van der Waals surface area contributed by atoms with Crippen LogP contribution in [0.15, 0.2) is 69.9 Å². The number of rotatable bonds is 7. The maximum absolute atomic E-state index is 12.2. The Hall–Kier alpha value is -2.73. The first-order valence-electron chi connectivity index (χ1n) is 9.62. The molecule has 0 saturated carbocycles. The molecule has 0 saturated heterocycles. The van der Waals surface area contributed by atoms with Gasteiger partial charge >= 0.3 is 0 Å². The number of nitrogens with one attached hydrogen (secondary N) is 1. The van der Waals surface area contributed by atoms with Gasteiger partial charge in [0, 0.05) is 29.1 Å². The van der Waals surface area contributed by atoms with Crippen molar-refractivity contribution in [2.75, 3.05) is 0 Å². The van der Waals surface area contributed by atoms with Crippen LogP contribution in [-0.4, -0.2) is 15.7 Å². The Morgan fingerprint density at radius 2 is 1.72 bits per heavy atom. The highest BCUT2D eigenvalue weighted by molar-refractivity contribution is 9.10. The van der Waals surface area contributed by atoms with Gasteiger partial charge in [-0.1, -0.05) is 66.2 Å². The van der Waals surface area contributed by atoms with Crippen molar-refractivity contribution < 1.29 is 4.79 Å². The molecule has 0 aliphatic carbocycles. The predicted molar refractivity (Wildman–Crippen MR) is 119 cm³/mol. The van der Waals surface area contributed by atoms with Crippen LogP contribution in [0.2, 0.25) is 0 Å². The van der Waals surface area contributed by atoms with Gasteiger partial charge in [-0.3, -0.25) is 9.59 Å². The summed E-state index contributed by atoms with van der Waals surface area (Å²) >= 11 is 3.41. The van der Waals surface area contributed by atoms with E-state index in [9.17, 15) is 9.59 Å². The molecule has 6 heteroatoms. The Labute approximate surface area is 178 Å². The summed E-state index contributed by atoms with van der Waals surface area (Å²) in [7, 11) is 0. The molecule has 29 heavy (non-hydrogen) atoms. The summed E-state index contributed by atoms with van der Waals surface area (Å²) in [4.78, 5) is 24.3. The van der Waals surface area contributed by atoms with E-state index >= 15 is 0 Å². The maximum atomic E-state index is 12.2. The van der Waals surface area contributed by atoms with Gasteiger partial charge in [-0.05, 0) is 35.2 Å². The minimum absolute atomic E-state index is 0.110. The van der Waals surface area contributed by atoms with Crippen molar-refractivity contribution in [1.29, 1.82) is 0 Å². The first-order chi connectivity index (χ1) is 13.9. The highest BCUT2D eigenvalue weighted by atomic mass is 79.9. The van der Waals surface area contributed by atoms with Gasteiger partial charge in [0.05, 0.1) is 12.2 Å². The molecular formula is C23H24BrN3O2. The average Bonchev–Trinajstić information content (AvgIpc) is 2.72. The Morgan fingerprint density at radius 1 is 1.03 bits per heavy atom. The van der Waals surface area contributed by atoms with E-state index < -0.39 is 0 Å². The number of benzene rings is 2. The molecule has 1 aromatic heterocycles. The van der Waals surface area contributed by atoms with Gasteiger partial charge in [0.15, 0.2) is 0 Å². The van der Waals surface area contributed by atoms with Crippen LogP contribution in [0.1, 0.15) is 37.3 Å². The van der Waals surface area contributed by atoms with E-state index in [0.29, 0.717) is 18.2 Å². The lowest BCUT2D eigenvalue weighted by Gasteiger charge is -2.09. The number of hydrogen-bond acceptors (Lipinski definition) is 3.